The Morgan fingerprint density at radius 1 is 1.39 bits per heavy atom. The van der Waals surface area contributed by atoms with Gasteiger partial charge < -0.3 is 14.2 Å². The molecule has 1 amide bonds. The Morgan fingerprint density at radius 2 is 2.13 bits per heavy atom. The summed E-state index contributed by atoms with van der Waals surface area (Å²) in [6.07, 6.45) is 2.44. The van der Waals surface area contributed by atoms with Crippen molar-refractivity contribution in [2.75, 3.05) is 26.3 Å². The van der Waals surface area contributed by atoms with Crippen LogP contribution in [0.2, 0.25) is 0 Å². The highest BCUT2D eigenvalue weighted by molar-refractivity contribution is 5.79. The average Bonchev–Trinajstić information content (AvgIpc) is 3.30. The summed E-state index contributed by atoms with van der Waals surface area (Å²) >= 11 is 0. The Hall–Kier alpha value is -1.40. The summed E-state index contributed by atoms with van der Waals surface area (Å²) in [6, 6.07) is 0.264. The average molecular weight is 321 g/mol. The molecule has 23 heavy (non-hydrogen) atoms. The number of hydrogen-bond acceptors (Lipinski definition) is 5. The highest BCUT2D eigenvalue weighted by Gasteiger charge is 2.39. The maximum atomic E-state index is 12.7. The number of aromatic nitrogens is 1. The minimum atomic E-state index is -0.356. The van der Waals surface area contributed by atoms with Crippen LogP contribution in [0.5, 0.6) is 0 Å². The Balaban J connectivity index is 1.63. The maximum Gasteiger partial charge on any atom is 0.236 e. The van der Waals surface area contributed by atoms with Crippen LogP contribution in [0.25, 0.3) is 0 Å². The third-order valence-corrected chi connectivity index (χ3v) is 4.99. The molecule has 0 bridgehead atoms. The summed E-state index contributed by atoms with van der Waals surface area (Å²) in [4.78, 5) is 14.7. The molecule has 1 atom stereocenters. The lowest BCUT2D eigenvalue weighted by molar-refractivity contribution is -0.140. The van der Waals surface area contributed by atoms with Crippen molar-refractivity contribution in [2.24, 2.45) is 5.92 Å². The molecule has 1 unspecified atom stereocenters. The number of carbonyl (C=O) groups excluding carboxylic acids is 1. The zero-order chi connectivity index (χ0) is 16.6. The van der Waals surface area contributed by atoms with E-state index in [9.17, 15) is 4.79 Å². The number of morpholine rings is 1. The molecule has 1 aliphatic heterocycles. The fourth-order valence-electron chi connectivity index (χ4n) is 3.67. The van der Waals surface area contributed by atoms with Crippen LogP contribution in [0.1, 0.15) is 43.7 Å². The van der Waals surface area contributed by atoms with Gasteiger partial charge in [0.05, 0.1) is 31.5 Å². The quantitative estimate of drug-likeness (QED) is 0.895. The summed E-state index contributed by atoms with van der Waals surface area (Å²) in [6.45, 7) is 10.3. The van der Waals surface area contributed by atoms with Gasteiger partial charge in [-0.3, -0.25) is 10.1 Å². The normalized spacial score (nSPS) is 22.4. The van der Waals surface area contributed by atoms with E-state index in [0.29, 0.717) is 32.2 Å². The van der Waals surface area contributed by atoms with Crippen LogP contribution in [-0.2, 0) is 15.1 Å². The molecule has 1 aromatic heterocycles. The summed E-state index contributed by atoms with van der Waals surface area (Å²) in [5.41, 5.74) is 1.55. The first-order valence-corrected chi connectivity index (χ1v) is 8.45. The van der Waals surface area contributed by atoms with E-state index in [2.05, 4.69) is 24.3 Å². The highest BCUT2D eigenvalue weighted by atomic mass is 16.5. The molecule has 1 saturated carbocycles. The van der Waals surface area contributed by atoms with Gasteiger partial charge in [0.15, 0.2) is 0 Å². The Labute approximate surface area is 137 Å². The molecule has 6 nitrogen and oxygen atoms in total. The minimum absolute atomic E-state index is 0.157. The molecule has 1 aliphatic carbocycles. The molecule has 1 N–H and O–H groups in total. The van der Waals surface area contributed by atoms with Crippen LogP contribution < -0.4 is 5.32 Å². The van der Waals surface area contributed by atoms with Gasteiger partial charge in [0, 0.05) is 17.6 Å². The van der Waals surface area contributed by atoms with Crippen molar-refractivity contribution in [1.29, 1.82) is 0 Å². The van der Waals surface area contributed by atoms with Crippen molar-refractivity contribution >= 4 is 5.91 Å². The van der Waals surface area contributed by atoms with Crippen molar-refractivity contribution < 1.29 is 14.1 Å². The first-order valence-electron chi connectivity index (χ1n) is 8.45. The van der Waals surface area contributed by atoms with E-state index in [1.807, 2.05) is 18.7 Å². The number of nitrogens with zero attached hydrogens (tertiary/aromatic N) is 2. The van der Waals surface area contributed by atoms with E-state index in [0.717, 1.165) is 17.0 Å². The van der Waals surface area contributed by atoms with Gasteiger partial charge in [-0.05, 0) is 46.5 Å². The lowest BCUT2D eigenvalue weighted by Crippen LogP contribution is -2.53. The summed E-state index contributed by atoms with van der Waals surface area (Å²) in [5.74, 6) is 1.59. The second kappa shape index (κ2) is 6.24. The molecular formula is C17H27N3O3. The Kier molecular flexibility index (Phi) is 4.47. The second-order valence-electron chi connectivity index (χ2n) is 7.24. The molecule has 1 saturated heterocycles. The number of aryl methyl sites for hydroxylation is 2. The predicted octanol–water partition coefficient (Wildman–Crippen LogP) is 1.75. The number of hydrogen-bond donors (Lipinski definition) is 1. The summed E-state index contributed by atoms with van der Waals surface area (Å²) in [7, 11) is 0. The van der Waals surface area contributed by atoms with E-state index in [4.69, 9.17) is 9.26 Å². The van der Waals surface area contributed by atoms with Gasteiger partial charge in [-0.2, -0.15) is 0 Å². The second-order valence-corrected chi connectivity index (χ2v) is 7.24. The van der Waals surface area contributed by atoms with Gasteiger partial charge in [-0.25, -0.2) is 0 Å². The van der Waals surface area contributed by atoms with E-state index in [-0.39, 0.29) is 17.5 Å². The predicted molar refractivity (Wildman–Crippen MR) is 86.0 cm³/mol. The molecule has 2 aliphatic rings. The molecule has 0 radical (unpaired) electrons. The van der Waals surface area contributed by atoms with Gasteiger partial charge in [0.2, 0.25) is 5.91 Å². The van der Waals surface area contributed by atoms with Gasteiger partial charge in [0.25, 0.3) is 0 Å². The van der Waals surface area contributed by atoms with Crippen molar-refractivity contribution in [3.8, 4) is 0 Å². The molecule has 6 heteroatoms. The third-order valence-electron chi connectivity index (χ3n) is 4.99. The topological polar surface area (TPSA) is 67.6 Å². The molecule has 0 aromatic carbocycles. The van der Waals surface area contributed by atoms with Gasteiger partial charge in [-0.15, -0.1) is 0 Å². The maximum absolute atomic E-state index is 12.7. The van der Waals surface area contributed by atoms with E-state index in [1.54, 1.807) is 0 Å². The largest absolute Gasteiger partial charge is 0.377 e. The van der Waals surface area contributed by atoms with Crippen LogP contribution in [-0.4, -0.2) is 48.3 Å². The smallest absolute Gasteiger partial charge is 0.236 e. The molecular weight excluding hydrogens is 294 g/mol. The zero-order valence-corrected chi connectivity index (χ0v) is 14.5. The molecule has 3 rings (SSSR count). The van der Waals surface area contributed by atoms with Gasteiger partial charge in [-0.1, -0.05) is 5.16 Å². The molecule has 2 fully saturated rings. The highest BCUT2D eigenvalue weighted by Crippen LogP contribution is 2.36. The number of carbonyl (C=O) groups is 1. The molecule has 1 aromatic rings. The van der Waals surface area contributed by atoms with Crippen molar-refractivity contribution in [3.05, 3.63) is 17.0 Å². The monoisotopic (exact) mass is 321 g/mol. The van der Waals surface area contributed by atoms with Crippen LogP contribution in [0.3, 0.4) is 0 Å². The van der Waals surface area contributed by atoms with Crippen molar-refractivity contribution in [1.82, 2.24) is 15.4 Å². The fourth-order valence-corrected chi connectivity index (χ4v) is 3.67. The Morgan fingerprint density at radius 3 is 2.74 bits per heavy atom. The summed E-state index contributed by atoms with van der Waals surface area (Å²) < 4.78 is 10.8. The van der Waals surface area contributed by atoms with Crippen LogP contribution in [0.15, 0.2) is 4.52 Å². The molecule has 128 valence electrons. The lowest BCUT2D eigenvalue weighted by atomic mass is 9.92. The van der Waals surface area contributed by atoms with Crippen LogP contribution in [0.4, 0.5) is 0 Å². The lowest BCUT2D eigenvalue weighted by Gasteiger charge is -2.37. The fraction of sp³-hybridized carbons (Fsp3) is 0.765. The molecule has 0 spiro atoms. The molecule has 2 heterocycles. The minimum Gasteiger partial charge on any atom is -0.377 e. The standard InChI is InChI=1S/C17H27N3O3/c1-11-16(12(2)23-19-11)17(3,4)18-9-15(21)20-7-8-22-10-14(20)13-5-6-13/h13-14,18H,5-10H2,1-4H3. The Bertz CT molecular complexity index is 558. The first kappa shape index (κ1) is 16.5. The van der Waals surface area contributed by atoms with Gasteiger partial charge in [0.1, 0.15) is 5.76 Å². The number of amides is 1. The van der Waals surface area contributed by atoms with Crippen LogP contribution in [0, 0.1) is 19.8 Å². The number of rotatable bonds is 5. The van der Waals surface area contributed by atoms with Crippen molar-refractivity contribution in [2.45, 2.75) is 52.1 Å². The van der Waals surface area contributed by atoms with E-state index < -0.39 is 0 Å². The summed E-state index contributed by atoms with van der Waals surface area (Å²) in [5, 5.41) is 7.40. The zero-order valence-electron chi connectivity index (χ0n) is 14.5. The van der Waals surface area contributed by atoms with E-state index in [1.165, 1.54) is 12.8 Å². The number of ether oxygens (including phenoxy) is 1. The van der Waals surface area contributed by atoms with Crippen LogP contribution >= 0.6 is 0 Å². The number of nitrogens with one attached hydrogen (secondary N) is 1. The van der Waals surface area contributed by atoms with Gasteiger partial charge >= 0.3 is 0 Å². The van der Waals surface area contributed by atoms with E-state index >= 15 is 0 Å². The van der Waals surface area contributed by atoms with Crippen molar-refractivity contribution in [3.63, 3.8) is 0 Å². The first-order chi connectivity index (χ1) is 10.9. The SMILES string of the molecule is Cc1noc(C)c1C(C)(C)NCC(=O)N1CCOCC1C1CC1. The third kappa shape index (κ3) is 3.43.